The van der Waals surface area contributed by atoms with E-state index in [2.05, 4.69) is 0 Å². The van der Waals surface area contributed by atoms with Crippen LogP contribution in [0.1, 0.15) is 18.5 Å². The molecular weight excluding hydrogens is 232 g/mol. The van der Waals surface area contributed by atoms with Crippen molar-refractivity contribution in [3.63, 3.8) is 0 Å². The summed E-state index contributed by atoms with van der Waals surface area (Å²) in [5, 5.41) is 0. The fourth-order valence-corrected chi connectivity index (χ4v) is 1.41. The lowest BCUT2D eigenvalue weighted by atomic mass is 10.1. The second-order valence-electron chi connectivity index (χ2n) is 4.27. The lowest BCUT2D eigenvalue weighted by Crippen LogP contribution is -2.27. The topological polar surface area (TPSA) is 64.8 Å². The van der Waals surface area contributed by atoms with Gasteiger partial charge in [-0.2, -0.15) is 0 Å². The van der Waals surface area contributed by atoms with E-state index in [1.807, 2.05) is 19.1 Å². The van der Waals surface area contributed by atoms with Gasteiger partial charge in [0.2, 0.25) is 0 Å². The Kier molecular flexibility index (Phi) is 4.97. The molecule has 1 aromatic rings. The minimum Gasteiger partial charge on any atom is -0.497 e. The van der Waals surface area contributed by atoms with E-state index in [0.29, 0.717) is 11.5 Å². The average molecular weight is 252 g/mol. The molecule has 0 heterocycles. The predicted octanol–water partition coefficient (Wildman–Crippen LogP) is 1.18. The Morgan fingerprint density at radius 2 is 2.11 bits per heavy atom. The summed E-state index contributed by atoms with van der Waals surface area (Å²) in [6.07, 6.45) is 0. The summed E-state index contributed by atoms with van der Waals surface area (Å²) < 4.78 is 10.6. The highest BCUT2D eigenvalue weighted by Gasteiger charge is 2.12. The molecule has 0 saturated heterocycles. The Morgan fingerprint density at radius 3 is 2.61 bits per heavy atom. The quantitative estimate of drug-likeness (QED) is 0.854. The summed E-state index contributed by atoms with van der Waals surface area (Å²) in [6, 6.07) is 5.24. The molecule has 0 aromatic heterocycles. The molecule has 0 aliphatic rings. The van der Waals surface area contributed by atoms with E-state index < -0.39 is 0 Å². The lowest BCUT2D eigenvalue weighted by molar-refractivity contribution is -0.130. The summed E-state index contributed by atoms with van der Waals surface area (Å²) >= 11 is 0. The van der Waals surface area contributed by atoms with Crippen LogP contribution in [0.15, 0.2) is 18.2 Å². The van der Waals surface area contributed by atoms with Crippen LogP contribution in [0, 0.1) is 0 Å². The molecule has 1 rings (SSSR count). The van der Waals surface area contributed by atoms with E-state index in [1.54, 1.807) is 27.3 Å². The second-order valence-corrected chi connectivity index (χ2v) is 4.27. The van der Waals surface area contributed by atoms with Gasteiger partial charge in [-0.3, -0.25) is 4.79 Å². The number of rotatable bonds is 5. The van der Waals surface area contributed by atoms with E-state index in [0.717, 1.165) is 5.56 Å². The van der Waals surface area contributed by atoms with Crippen molar-refractivity contribution < 1.29 is 14.3 Å². The molecule has 1 amide bonds. The number of hydrogen-bond acceptors (Lipinski definition) is 4. The highest BCUT2D eigenvalue weighted by atomic mass is 16.5. The molecule has 0 aliphatic carbocycles. The maximum atomic E-state index is 11.5. The maximum absolute atomic E-state index is 11.5. The molecule has 2 N–H and O–H groups in total. The summed E-state index contributed by atoms with van der Waals surface area (Å²) in [5.41, 5.74) is 6.71. The van der Waals surface area contributed by atoms with Gasteiger partial charge in [0, 0.05) is 31.8 Å². The van der Waals surface area contributed by atoms with Gasteiger partial charge in [0.15, 0.2) is 6.61 Å². The molecule has 100 valence electrons. The molecule has 1 atom stereocenters. The largest absolute Gasteiger partial charge is 0.497 e. The van der Waals surface area contributed by atoms with E-state index >= 15 is 0 Å². The highest BCUT2D eigenvalue weighted by Crippen LogP contribution is 2.28. The first kappa shape index (κ1) is 14.3. The Bertz CT molecular complexity index is 417. The highest BCUT2D eigenvalue weighted by molar-refractivity contribution is 5.77. The molecule has 0 radical (unpaired) electrons. The molecule has 0 fully saturated rings. The van der Waals surface area contributed by atoms with Gasteiger partial charge < -0.3 is 20.1 Å². The summed E-state index contributed by atoms with van der Waals surface area (Å²) in [7, 11) is 4.95. The third kappa shape index (κ3) is 3.63. The maximum Gasteiger partial charge on any atom is 0.259 e. The van der Waals surface area contributed by atoms with Crippen molar-refractivity contribution >= 4 is 5.91 Å². The Labute approximate surface area is 107 Å². The number of carbonyl (C=O) groups is 1. The van der Waals surface area contributed by atoms with Crippen LogP contribution in [-0.2, 0) is 4.79 Å². The second kappa shape index (κ2) is 6.26. The summed E-state index contributed by atoms with van der Waals surface area (Å²) in [5.74, 6) is 1.15. The van der Waals surface area contributed by atoms with Gasteiger partial charge in [-0.25, -0.2) is 0 Å². The SMILES string of the molecule is COc1ccc([C@H](C)N)c(OCC(=O)N(C)C)c1. The number of nitrogens with two attached hydrogens (primary N) is 1. The standard InChI is InChI=1S/C13H20N2O3/c1-9(14)11-6-5-10(17-4)7-12(11)18-8-13(16)15(2)3/h5-7,9H,8,14H2,1-4H3/t9-/m0/s1. The van der Waals surface area contributed by atoms with E-state index in [9.17, 15) is 4.79 Å². The van der Waals surface area contributed by atoms with Crippen LogP contribution in [0.25, 0.3) is 0 Å². The van der Waals surface area contributed by atoms with Gasteiger partial charge in [-0.1, -0.05) is 6.07 Å². The Morgan fingerprint density at radius 1 is 1.44 bits per heavy atom. The Balaban J connectivity index is 2.87. The Hall–Kier alpha value is -1.75. The first-order valence-corrected chi connectivity index (χ1v) is 5.72. The van der Waals surface area contributed by atoms with Crippen molar-refractivity contribution in [2.45, 2.75) is 13.0 Å². The van der Waals surface area contributed by atoms with Gasteiger partial charge in [-0.15, -0.1) is 0 Å². The van der Waals surface area contributed by atoms with Gasteiger partial charge in [-0.05, 0) is 13.0 Å². The third-order valence-electron chi connectivity index (χ3n) is 2.56. The zero-order valence-electron chi connectivity index (χ0n) is 11.3. The van der Waals surface area contributed by atoms with Crippen LogP contribution >= 0.6 is 0 Å². The van der Waals surface area contributed by atoms with Crippen LogP contribution in [0.4, 0.5) is 0 Å². The van der Waals surface area contributed by atoms with Gasteiger partial charge in [0.1, 0.15) is 11.5 Å². The van der Waals surface area contributed by atoms with Crippen LogP contribution in [0.2, 0.25) is 0 Å². The molecular formula is C13H20N2O3. The number of nitrogens with zero attached hydrogens (tertiary/aromatic N) is 1. The summed E-state index contributed by atoms with van der Waals surface area (Å²) in [6.45, 7) is 1.85. The summed E-state index contributed by atoms with van der Waals surface area (Å²) in [4.78, 5) is 13.0. The smallest absolute Gasteiger partial charge is 0.259 e. The predicted molar refractivity (Wildman–Crippen MR) is 69.8 cm³/mol. The van der Waals surface area contributed by atoms with Gasteiger partial charge in [0.05, 0.1) is 7.11 Å². The molecule has 5 heteroatoms. The van der Waals surface area contributed by atoms with Crippen molar-refractivity contribution in [1.29, 1.82) is 0 Å². The molecule has 0 spiro atoms. The van der Waals surface area contributed by atoms with Crippen molar-refractivity contribution in [2.24, 2.45) is 5.73 Å². The fourth-order valence-electron chi connectivity index (χ4n) is 1.41. The number of carbonyl (C=O) groups excluding carboxylic acids is 1. The number of hydrogen-bond donors (Lipinski definition) is 1. The molecule has 0 bridgehead atoms. The van der Waals surface area contributed by atoms with Gasteiger partial charge in [0.25, 0.3) is 5.91 Å². The zero-order valence-corrected chi connectivity index (χ0v) is 11.3. The fraction of sp³-hybridized carbons (Fsp3) is 0.462. The van der Waals surface area contributed by atoms with E-state index in [4.69, 9.17) is 15.2 Å². The minimum atomic E-state index is -0.166. The third-order valence-corrected chi connectivity index (χ3v) is 2.56. The monoisotopic (exact) mass is 252 g/mol. The molecule has 1 aromatic carbocycles. The molecule has 18 heavy (non-hydrogen) atoms. The zero-order chi connectivity index (χ0) is 13.7. The lowest BCUT2D eigenvalue weighted by Gasteiger charge is -2.16. The molecule has 5 nitrogen and oxygen atoms in total. The van der Waals surface area contributed by atoms with Crippen molar-refractivity contribution in [2.75, 3.05) is 27.8 Å². The van der Waals surface area contributed by atoms with Gasteiger partial charge >= 0.3 is 0 Å². The first-order valence-electron chi connectivity index (χ1n) is 5.72. The van der Waals surface area contributed by atoms with E-state index in [1.165, 1.54) is 4.90 Å². The van der Waals surface area contributed by atoms with Crippen LogP contribution in [0.5, 0.6) is 11.5 Å². The van der Waals surface area contributed by atoms with Crippen molar-refractivity contribution in [3.8, 4) is 11.5 Å². The number of methoxy groups -OCH3 is 1. The van der Waals surface area contributed by atoms with Crippen LogP contribution < -0.4 is 15.2 Å². The van der Waals surface area contributed by atoms with E-state index in [-0.39, 0.29) is 18.6 Å². The van der Waals surface area contributed by atoms with Crippen LogP contribution in [-0.4, -0.2) is 38.6 Å². The molecule has 0 aliphatic heterocycles. The number of amides is 1. The number of benzene rings is 1. The molecule has 0 unspecified atom stereocenters. The number of ether oxygens (including phenoxy) is 2. The number of likely N-dealkylation sites (N-methyl/N-ethyl adjacent to an activating group) is 1. The van der Waals surface area contributed by atoms with Crippen LogP contribution in [0.3, 0.4) is 0 Å². The molecule has 0 saturated carbocycles. The van der Waals surface area contributed by atoms with Crippen molar-refractivity contribution in [3.05, 3.63) is 23.8 Å². The first-order chi connectivity index (χ1) is 8.45. The van der Waals surface area contributed by atoms with Crippen molar-refractivity contribution in [1.82, 2.24) is 4.90 Å². The average Bonchev–Trinajstić information content (AvgIpc) is 2.34. The normalized spacial score (nSPS) is 11.8. The minimum absolute atomic E-state index is 0.0140.